The van der Waals surface area contributed by atoms with Crippen LogP contribution in [0.5, 0.6) is 0 Å². The van der Waals surface area contributed by atoms with Gasteiger partial charge in [0.1, 0.15) is 31.4 Å². The summed E-state index contributed by atoms with van der Waals surface area (Å²) < 4.78 is 22.8. The lowest BCUT2D eigenvalue weighted by atomic mass is 10.1. The summed E-state index contributed by atoms with van der Waals surface area (Å²) in [7, 11) is 1.57. The van der Waals surface area contributed by atoms with Crippen molar-refractivity contribution in [2.24, 2.45) is 0 Å². The molecule has 0 amide bonds. The summed E-state index contributed by atoms with van der Waals surface area (Å²) in [6.07, 6.45) is -1.36. The van der Waals surface area contributed by atoms with Gasteiger partial charge in [0.05, 0.1) is 0 Å². The average molecular weight is 309 g/mol. The highest BCUT2D eigenvalue weighted by Crippen LogP contribution is 2.38. The molecule has 1 aromatic carbocycles. The zero-order chi connectivity index (χ0) is 15.7. The number of hydrogen-bond donors (Lipinski definition) is 1. The van der Waals surface area contributed by atoms with Crippen LogP contribution in [0.1, 0.15) is 19.4 Å². The van der Waals surface area contributed by atoms with Crippen LogP contribution in [-0.4, -0.2) is 44.0 Å². The van der Waals surface area contributed by atoms with Gasteiger partial charge in [-0.2, -0.15) is 0 Å². The minimum Gasteiger partial charge on any atom is -0.634 e. The Labute approximate surface area is 130 Å². The topological polar surface area (TPSA) is 64.4 Å². The fourth-order valence-corrected chi connectivity index (χ4v) is 3.12. The minimum absolute atomic E-state index is 0.125. The molecular weight excluding hydrogens is 286 g/mol. The second-order valence-corrected chi connectivity index (χ2v) is 6.25. The number of benzene rings is 1. The molecule has 2 aliphatic rings. The van der Waals surface area contributed by atoms with Gasteiger partial charge in [0.2, 0.25) is 0 Å². The van der Waals surface area contributed by atoms with E-state index in [1.807, 2.05) is 44.2 Å². The Hall–Kier alpha value is -1.02. The van der Waals surface area contributed by atoms with Crippen LogP contribution in [0.25, 0.3) is 0 Å². The standard InChI is InChI=1S/C16H23NO5/c1-16(2)21-13-12(20-15(19-3)14(13)22-16)10-17(18)9-11-7-5-4-6-8-11/h4-8,12-15,17H,9-10H2,1-3H3/t12-,13+,14+,15+/m1/s1. The fourth-order valence-electron chi connectivity index (χ4n) is 3.12. The predicted octanol–water partition coefficient (Wildman–Crippen LogP) is 0.461. The number of nitrogens with one attached hydrogen (secondary N) is 1. The molecule has 0 bridgehead atoms. The summed E-state index contributed by atoms with van der Waals surface area (Å²) >= 11 is 0. The molecule has 1 N–H and O–H groups in total. The Bertz CT molecular complexity index is 495. The van der Waals surface area contributed by atoms with E-state index < -0.39 is 12.1 Å². The number of quaternary nitrogens is 1. The van der Waals surface area contributed by atoms with Gasteiger partial charge in [0.15, 0.2) is 12.1 Å². The molecule has 22 heavy (non-hydrogen) atoms. The molecule has 1 unspecified atom stereocenters. The van der Waals surface area contributed by atoms with Gasteiger partial charge < -0.3 is 29.2 Å². The highest BCUT2D eigenvalue weighted by molar-refractivity contribution is 5.13. The Balaban J connectivity index is 1.62. The van der Waals surface area contributed by atoms with E-state index >= 15 is 0 Å². The second kappa shape index (κ2) is 6.23. The van der Waals surface area contributed by atoms with Crippen LogP contribution in [0.2, 0.25) is 0 Å². The summed E-state index contributed by atoms with van der Waals surface area (Å²) in [6.45, 7) is 4.43. The van der Waals surface area contributed by atoms with E-state index in [-0.39, 0.29) is 23.4 Å². The molecule has 6 nitrogen and oxygen atoms in total. The van der Waals surface area contributed by atoms with Crippen molar-refractivity contribution in [1.29, 1.82) is 0 Å². The Morgan fingerprint density at radius 3 is 2.55 bits per heavy atom. The van der Waals surface area contributed by atoms with Crippen LogP contribution in [0.15, 0.2) is 30.3 Å². The van der Waals surface area contributed by atoms with E-state index in [0.717, 1.165) is 5.56 Å². The first-order valence-electron chi connectivity index (χ1n) is 7.58. The van der Waals surface area contributed by atoms with E-state index in [0.29, 0.717) is 13.1 Å². The van der Waals surface area contributed by atoms with E-state index in [9.17, 15) is 5.21 Å². The van der Waals surface area contributed by atoms with Crippen LogP contribution in [0, 0.1) is 5.21 Å². The first-order valence-corrected chi connectivity index (χ1v) is 7.58. The third kappa shape index (κ3) is 3.32. The first kappa shape index (κ1) is 15.9. The highest BCUT2D eigenvalue weighted by Gasteiger charge is 2.56. The van der Waals surface area contributed by atoms with Crippen molar-refractivity contribution >= 4 is 0 Å². The van der Waals surface area contributed by atoms with E-state index in [4.69, 9.17) is 18.9 Å². The Morgan fingerprint density at radius 1 is 1.18 bits per heavy atom. The molecule has 0 saturated carbocycles. The van der Waals surface area contributed by atoms with Crippen molar-refractivity contribution < 1.29 is 24.0 Å². The van der Waals surface area contributed by atoms with Gasteiger partial charge in [-0.15, -0.1) is 0 Å². The smallest absolute Gasteiger partial charge is 0.186 e. The van der Waals surface area contributed by atoms with E-state index in [2.05, 4.69) is 0 Å². The van der Waals surface area contributed by atoms with Crippen molar-refractivity contribution in [2.45, 2.75) is 50.8 Å². The minimum atomic E-state index is -0.670. The maximum absolute atomic E-state index is 12.3. The number of hydrogen-bond acceptors (Lipinski definition) is 5. The molecule has 1 aromatic rings. The lowest BCUT2D eigenvalue weighted by Crippen LogP contribution is -3.07. The first-order chi connectivity index (χ1) is 10.5. The summed E-state index contributed by atoms with van der Waals surface area (Å²) in [4.78, 5) is 0. The van der Waals surface area contributed by atoms with Crippen molar-refractivity contribution in [1.82, 2.24) is 0 Å². The molecule has 2 aliphatic heterocycles. The molecule has 6 heteroatoms. The van der Waals surface area contributed by atoms with Crippen LogP contribution in [0.4, 0.5) is 0 Å². The average Bonchev–Trinajstić information content (AvgIpc) is 2.94. The Morgan fingerprint density at radius 2 is 1.86 bits per heavy atom. The summed E-state index contributed by atoms with van der Waals surface area (Å²) in [6, 6.07) is 9.71. The predicted molar refractivity (Wildman–Crippen MR) is 78.8 cm³/mol. The molecule has 5 atom stereocenters. The third-order valence-electron chi connectivity index (χ3n) is 4.01. The van der Waals surface area contributed by atoms with E-state index in [1.54, 1.807) is 7.11 Å². The van der Waals surface area contributed by atoms with Gasteiger partial charge in [0.25, 0.3) is 0 Å². The molecule has 3 rings (SSSR count). The van der Waals surface area contributed by atoms with Gasteiger partial charge in [-0.1, -0.05) is 30.3 Å². The van der Waals surface area contributed by atoms with Crippen LogP contribution in [-0.2, 0) is 25.5 Å². The largest absolute Gasteiger partial charge is 0.634 e. The van der Waals surface area contributed by atoms with Gasteiger partial charge in [0, 0.05) is 12.7 Å². The normalized spacial score (nSPS) is 34.5. The number of rotatable bonds is 5. The van der Waals surface area contributed by atoms with Gasteiger partial charge >= 0.3 is 0 Å². The van der Waals surface area contributed by atoms with Crippen molar-refractivity contribution in [3.05, 3.63) is 41.1 Å². The quantitative estimate of drug-likeness (QED) is 0.801. The maximum atomic E-state index is 12.3. The lowest BCUT2D eigenvalue weighted by Gasteiger charge is -2.28. The fraction of sp³-hybridized carbons (Fsp3) is 0.625. The molecule has 0 radical (unpaired) electrons. The van der Waals surface area contributed by atoms with Crippen molar-refractivity contribution in [2.75, 3.05) is 13.7 Å². The molecule has 0 aliphatic carbocycles. The van der Waals surface area contributed by atoms with Crippen LogP contribution < -0.4 is 5.06 Å². The molecule has 122 valence electrons. The van der Waals surface area contributed by atoms with E-state index in [1.165, 1.54) is 0 Å². The molecule has 2 saturated heterocycles. The maximum Gasteiger partial charge on any atom is 0.186 e. The second-order valence-electron chi connectivity index (χ2n) is 6.25. The summed E-state index contributed by atoms with van der Waals surface area (Å²) in [5.41, 5.74) is 1.01. The molecule has 2 fully saturated rings. The monoisotopic (exact) mass is 309 g/mol. The third-order valence-corrected chi connectivity index (χ3v) is 4.01. The number of hydroxylamine groups is 2. The van der Waals surface area contributed by atoms with Crippen molar-refractivity contribution in [3.8, 4) is 0 Å². The Kier molecular flexibility index (Phi) is 4.49. The van der Waals surface area contributed by atoms with Crippen LogP contribution in [0.3, 0.4) is 0 Å². The van der Waals surface area contributed by atoms with Crippen molar-refractivity contribution in [3.63, 3.8) is 0 Å². The number of fused-ring (bicyclic) bond motifs is 1. The van der Waals surface area contributed by atoms with Crippen LogP contribution >= 0.6 is 0 Å². The zero-order valence-electron chi connectivity index (χ0n) is 13.2. The number of ether oxygens (including phenoxy) is 4. The molecule has 2 heterocycles. The van der Waals surface area contributed by atoms with Gasteiger partial charge in [-0.3, -0.25) is 0 Å². The number of methoxy groups -OCH3 is 1. The summed E-state index contributed by atoms with van der Waals surface area (Å²) in [5.74, 6) is -0.670. The summed E-state index contributed by atoms with van der Waals surface area (Å²) in [5, 5.41) is 12.4. The molecular formula is C16H23NO5. The SMILES string of the molecule is CO[C@H]1O[C@H](C[NH+]([O-])Cc2ccccc2)[C@@H]2OC(C)(C)O[C@H]12. The lowest BCUT2D eigenvalue weighted by molar-refractivity contribution is -0.866. The molecule has 0 spiro atoms. The molecule has 0 aromatic heterocycles. The van der Waals surface area contributed by atoms with Gasteiger partial charge in [-0.25, -0.2) is 0 Å². The van der Waals surface area contributed by atoms with Gasteiger partial charge in [-0.05, 0) is 13.8 Å². The highest BCUT2D eigenvalue weighted by atomic mass is 16.8. The zero-order valence-corrected chi connectivity index (χ0v) is 13.2.